The van der Waals surface area contributed by atoms with Crippen LogP contribution in [0.25, 0.3) is 0 Å². The lowest BCUT2D eigenvalue weighted by molar-refractivity contribution is 0.0350. The van der Waals surface area contributed by atoms with Crippen LogP contribution in [0, 0.1) is 5.92 Å². The molecule has 0 amide bonds. The highest BCUT2D eigenvalue weighted by Crippen LogP contribution is 2.26. The molecule has 2 aliphatic rings. The Kier molecular flexibility index (Phi) is 6.11. The van der Waals surface area contributed by atoms with Crippen molar-refractivity contribution < 1.29 is 5.11 Å². The first-order valence-electron chi connectivity index (χ1n) is 8.29. The molecule has 1 saturated carbocycles. The van der Waals surface area contributed by atoms with Crippen molar-refractivity contribution in [3.05, 3.63) is 0 Å². The summed E-state index contributed by atoms with van der Waals surface area (Å²) in [5, 5.41) is 9.32. The van der Waals surface area contributed by atoms with Crippen molar-refractivity contribution in [2.75, 3.05) is 32.8 Å². The number of piperazine rings is 1. The molecule has 2 rings (SSSR count). The maximum atomic E-state index is 9.32. The van der Waals surface area contributed by atoms with Gasteiger partial charge in [0.25, 0.3) is 0 Å². The number of rotatable bonds is 6. The molecule has 0 radical (unpaired) electrons. The normalized spacial score (nSPS) is 27.5. The Balaban J connectivity index is 1.85. The van der Waals surface area contributed by atoms with Gasteiger partial charge in [-0.15, -0.1) is 0 Å². The van der Waals surface area contributed by atoms with Gasteiger partial charge in [-0.1, -0.05) is 26.7 Å². The van der Waals surface area contributed by atoms with Gasteiger partial charge in [0.05, 0.1) is 0 Å². The molecule has 0 aromatic rings. The van der Waals surface area contributed by atoms with Crippen LogP contribution in [0.4, 0.5) is 0 Å². The number of aliphatic hydroxyl groups excluding tert-OH is 1. The van der Waals surface area contributed by atoms with Crippen LogP contribution >= 0.6 is 0 Å². The first-order valence-corrected chi connectivity index (χ1v) is 8.29. The Labute approximate surface area is 119 Å². The summed E-state index contributed by atoms with van der Waals surface area (Å²) in [5.41, 5.74) is 0. The molecule has 1 aliphatic heterocycles. The fraction of sp³-hybridized carbons (Fsp3) is 1.00. The summed E-state index contributed by atoms with van der Waals surface area (Å²) >= 11 is 0. The summed E-state index contributed by atoms with van der Waals surface area (Å²) in [5.74, 6) is 0.780. The van der Waals surface area contributed by atoms with E-state index >= 15 is 0 Å². The molecule has 1 heterocycles. The zero-order chi connectivity index (χ0) is 13.7. The van der Waals surface area contributed by atoms with Crippen molar-refractivity contribution in [3.63, 3.8) is 0 Å². The standard InChI is InChI=1S/C16H32N2O/c1-14(2)7-9-17-10-11-18(13-16(17)8-12-19)15-5-3-4-6-15/h14-16,19H,3-13H2,1-2H3. The minimum atomic E-state index is 0.335. The van der Waals surface area contributed by atoms with E-state index in [-0.39, 0.29) is 0 Å². The highest BCUT2D eigenvalue weighted by atomic mass is 16.3. The lowest BCUT2D eigenvalue weighted by Crippen LogP contribution is -2.55. The fourth-order valence-electron chi connectivity index (χ4n) is 3.66. The van der Waals surface area contributed by atoms with Crippen molar-refractivity contribution in [2.45, 2.75) is 64.5 Å². The van der Waals surface area contributed by atoms with E-state index in [1.807, 2.05) is 0 Å². The fourth-order valence-corrected chi connectivity index (χ4v) is 3.66. The lowest BCUT2D eigenvalue weighted by Gasteiger charge is -2.44. The second-order valence-corrected chi connectivity index (χ2v) is 6.82. The van der Waals surface area contributed by atoms with Gasteiger partial charge < -0.3 is 5.11 Å². The van der Waals surface area contributed by atoms with E-state index in [2.05, 4.69) is 23.6 Å². The smallest absolute Gasteiger partial charge is 0.0446 e. The van der Waals surface area contributed by atoms with Crippen LogP contribution < -0.4 is 0 Å². The van der Waals surface area contributed by atoms with Gasteiger partial charge >= 0.3 is 0 Å². The van der Waals surface area contributed by atoms with Gasteiger partial charge in [-0.25, -0.2) is 0 Å². The van der Waals surface area contributed by atoms with Crippen molar-refractivity contribution >= 4 is 0 Å². The third-order valence-corrected chi connectivity index (χ3v) is 4.93. The summed E-state index contributed by atoms with van der Waals surface area (Å²) < 4.78 is 0. The first kappa shape index (κ1) is 15.3. The molecule has 3 heteroatoms. The van der Waals surface area contributed by atoms with Gasteiger partial charge in [-0.3, -0.25) is 9.80 Å². The maximum Gasteiger partial charge on any atom is 0.0446 e. The van der Waals surface area contributed by atoms with Gasteiger partial charge in [0.1, 0.15) is 0 Å². The maximum absolute atomic E-state index is 9.32. The SMILES string of the molecule is CC(C)CCN1CCN(C2CCCC2)CC1CCO. The van der Waals surface area contributed by atoms with Crippen LogP contribution in [-0.4, -0.2) is 59.8 Å². The molecule has 19 heavy (non-hydrogen) atoms. The van der Waals surface area contributed by atoms with Crippen molar-refractivity contribution in [1.29, 1.82) is 0 Å². The third kappa shape index (κ3) is 4.44. The molecule has 1 N–H and O–H groups in total. The average Bonchev–Trinajstić information content (AvgIpc) is 2.91. The second kappa shape index (κ2) is 7.61. The highest BCUT2D eigenvalue weighted by Gasteiger charge is 2.31. The van der Waals surface area contributed by atoms with Gasteiger partial charge in [0, 0.05) is 38.3 Å². The van der Waals surface area contributed by atoms with E-state index in [0.29, 0.717) is 12.6 Å². The molecule has 0 aromatic heterocycles. The van der Waals surface area contributed by atoms with Crippen LogP contribution in [0.3, 0.4) is 0 Å². The predicted octanol–water partition coefficient (Wildman–Crippen LogP) is 2.34. The van der Waals surface area contributed by atoms with Crippen molar-refractivity contribution in [3.8, 4) is 0 Å². The molecule has 1 unspecified atom stereocenters. The Morgan fingerprint density at radius 1 is 1.16 bits per heavy atom. The summed E-state index contributed by atoms with van der Waals surface area (Å²) in [7, 11) is 0. The molecule has 1 saturated heterocycles. The molecule has 1 atom stereocenters. The van der Waals surface area contributed by atoms with Crippen molar-refractivity contribution in [2.24, 2.45) is 5.92 Å². The summed E-state index contributed by atoms with van der Waals surface area (Å²) in [6.07, 6.45) is 7.87. The Morgan fingerprint density at radius 3 is 2.53 bits per heavy atom. The lowest BCUT2D eigenvalue weighted by atomic mass is 10.0. The molecule has 112 valence electrons. The number of aliphatic hydroxyl groups is 1. The van der Waals surface area contributed by atoms with E-state index in [1.54, 1.807) is 0 Å². The van der Waals surface area contributed by atoms with Gasteiger partial charge in [-0.2, -0.15) is 0 Å². The molecule has 1 aliphatic carbocycles. The molecular weight excluding hydrogens is 236 g/mol. The Morgan fingerprint density at radius 2 is 1.89 bits per heavy atom. The predicted molar refractivity (Wildman–Crippen MR) is 80.3 cm³/mol. The zero-order valence-corrected chi connectivity index (χ0v) is 12.9. The van der Waals surface area contributed by atoms with Crippen LogP contribution in [0.2, 0.25) is 0 Å². The highest BCUT2D eigenvalue weighted by molar-refractivity contribution is 4.87. The summed E-state index contributed by atoms with van der Waals surface area (Å²) in [4.78, 5) is 5.33. The van der Waals surface area contributed by atoms with Gasteiger partial charge in [0.2, 0.25) is 0 Å². The monoisotopic (exact) mass is 268 g/mol. The molecule has 0 bridgehead atoms. The largest absolute Gasteiger partial charge is 0.396 e. The molecule has 0 spiro atoms. The number of hydrogen-bond donors (Lipinski definition) is 1. The topological polar surface area (TPSA) is 26.7 Å². The molecule has 0 aromatic carbocycles. The van der Waals surface area contributed by atoms with Crippen LogP contribution in [-0.2, 0) is 0 Å². The second-order valence-electron chi connectivity index (χ2n) is 6.82. The Hall–Kier alpha value is -0.120. The Bertz CT molecular complexity index is 251. The summed E-state index contributed by atoms with van der Waals surface area (Å²) in [6, 6.07) is 1.42. The van der Waals surface area contributed by atoms with Crippen molar-refractivity contribution in [1.82, 2.24) is 9.80 Å². The quantitative estimate of drug-likeness (QED) is 0.801. The third-order valence-electron chi connectivity index (χ3n) is 4.93. The van der Waals surface area contributed by atoms with E-state index in [9.17, 15) is 5.11 Å². The minimum Gasteiger partial charge on any atom is -0.396 e. The van der Waals surface area contributed by atoms with Crippen LogP contribution in [0.5, 0.6) is 0 Å². The van der Waals surface area contributed by atoms with Gasteiger partial charge in [0.15, 0.2) is 0 Å². The average molecular weight is 268 g/mol. The molecular formula is C16H32N2O. The number of nitrogens with zero attached hydrogens (tertiary/aromatic N) is 2. The minimum absolute atomic E-state index is 0.335. The first-order chi connectivity index (χ1) is 9.20. The number of hydrogen-bond acceptors (Lipinski definition) is 3. The van der Waals surface area contributed by atoms with E-state index in [0.717, 1.165) is 18.4 Å². The zero-order valence-electron chi connectivity index (χ0n) is 12.9. The van der Waals surface area contributed by atoms with Crippen LogP contribution in [0.1, 0.15) is 52.4 Å². The van der Waals surface area contributed by atoms with E-state index in [1.165, 1.54) is 58.3 Å². The van der Waals surface area contributed by atoms with E-state index in [4.69, 9.17) is 0 Å². The van der Waals surface area contributed by atoms with Gasteiger partial charge in [-0.05, 0) is 38.1 Å². The van der Waals surface area contributed by atoms with Crippen LogP contribution in [0.15, 0.2) is 0 Å². The molecule has 3 nitrogen and oxygen atoms in total. The van der Waals surface area contributed by atoms with E-state index < -0.39 is 0 Å². The molecule has 2 fully saturated rings. The summed E-state index contributed by atoms with van der Waals surface area (Å²) in [6.45, 7) is 9.77.